The van der Waals surface area contributed by atoms with Gasteiger partial charge in [-0.3, -0.25) is 9.79 Å². The topological polar surface area (TPSA) is 96.9 Å². The van der Waals surface area contributed by atoms with Crippen molar-refractivity contribution in [1.82, 2.24) is 5.32 Å². The number of nitrogens with one attached hydrogen (secondary N) is 1. The number of nitrogens with two attached hydrogens (primary N) is 1. The minimum atomic E-state index is -4.72. The summed E-state index contributed by atoms with van der Waals surface area (Å²) in [6.45, 7) is 2.04. The number of nitrogens with zero attached hydrogens (tertiary/aromatic N) is 1. The quantitative estimate of drug-likeness (QED) is 0.339. The molecule has 0 saturated heterocycles. The molecule has 6 nitrogen and oxygen atoms in total. The van der Waals surface area contributed by atoms with Gasteiger partial charge in [-0.2, -0.15) is 13.2 Å². The Morgan fingerprint density at radius 3 is 2.43 bits per heavy atom. The number of alkyl halides is 3. The minimum Gasteiger partial charge on any atom is -0.506 e. The van der Waals surface area contributed by atoms with E-state index in [1.807, 2.05) is 31.2 Å². The van der Waals surface area contributed by atoms with Crippen LogP contribution in [-0.2, 0) is 17.6 Å². The zero-order valence-electron chi connectivity index (χ0n) is 20.3. The Balaban J connectivity index is 2.16. The molecule has 0 saturated carbocycles. The predicted octanol–water partition coefficient (Wildman–Crippen LogP) is 5.74. The highest BCUT2D eigenvalue weighted by atomic mass is 35.5. The van der Waals surface area contributed by atoms with Gasteiger partial charge in [0.15, 0.2) is 0 Å². The molecule has 0 aliphatic heterocycles. The van der Waals surface area contributed by atoms with E-state index in [1.165, 1.54) is 38.4 Å². The van der Waals surface area contributed by atoms with Gasteiger partial charge in [0.1, 0.15) is 23.8 Å². The molecule has 3 aromatic rings. The lowest BCUT2D eigenvalue weighted by atomic mass is 9.96. The van der Waals surface area contributed by atoms with Crippen molar-refractivity contribution < 1.29 is 27.8 Å². The van der Waals surface area contributed by atoms with E-state index in [1.54, 1.807) is 0 Å². The van der Waals surface area contributed by atoms with Crippen LogP contribution in [0.5, 0.6) is 11.5 Å². The normalized spacial score (nSPS) is 12.4. The van der Waals surface area contributed by atoms with Gasteiger partial charge in [0.25, 0.3) is 5.91 Å². The molecule has 3 rings (SSSR count). The van der Waals surface area contributed by atoms with Crippen molar-refractivity contribution in [3.63, 3.8) is 0 Å². The summed E-state index contributed by atoms with van der Waals surface area (Å²) < 4.78 is 46.7. The molecule has 0 fully saturated rings. The van der Waals surface area contributed by atoms with Gasteiger partial charge in [-0.1, -0.05) is 47.5 Å². The van der Waals surface area contributed by atoms with Gasteiger partial charge in [-0.15, -0.1) is 0 Å². The number of amides is 1. The zero-order valence-corrected chi connectivity index (χ0v) is 21.0. The van der Waals surface area contributed by atoms with Gasteiger partial charge in [0.05, 0.1) is 16.1 Å². The van der Waals surface area contributed by atoms with E-state index < -0.39 is 28.4 Å². The van der Waals surface area contributed by atoms with E-state index in [2.05, 4.69) is 10.3 Å². The van der Waals surface area contributed by atoms with Gasteiger partial charge in [-0.25, -0.2) is 0 Å². The molecule has 37 heavy (non-hydrogen) atoms. The minimum absolute atomic E-state index is 0.00787. The molecule has 0 radical (unpaired) electrons. The third-order valence-corrected chi connectivity index (χ3v) is 5.85. The van der Waals surface area contributed by atoms with Crippen LogP contribution in [0.1, 0.15) is 22.3 Å². The largest absolute Gasteiger partial charge is 0.506 e. The molecule has 10 heteroatoms. The maximum absolute atomic E-state index is 13.6. The Morgan fingerprint density at radius 1 is 1.16 bits per heavy atom. The highest BCUT2D eigenvalue weighted by Gasteiger charge is 2.34. The molecule has 0 unspecified atom stereocenters. The fourth-order valence-electron chi connectivity index (χ4n) is 3.53. The van der Waals surface area contributed by atoms with Crippen LogP contribution >= 0.6 is 11.6 Å². The summed E-state index contributed by atoms with van der Waals surface area (Å²) >= 11 is 5.81. The van der Waals surface area contributed by atoms with Crippen LogP contribution in [0.25, 0.3) is 16.8 Å². The lowest BCUT2D eigenvalue weighted by Crippen LogP contribution is -2.26. The van der Waals surface area contributed by atoms with Crippen LogP contribution in [-0.4, -0.2) is 30.8 Å². The second-order valence-corrected chi connectivity index (χ2v) is 8.50. The van der Waals surface area contributed by atoms with E-state index in [9.17, 15) is 23.1 Å². The lowest BCUT2D eigenvalue weighted by molar-refractivity contribution is -0.137. The molecule has 194 valence electrons. The first-order chi connectivity index (χ1) is 17.5. The predicted molar refractivity (Wildman–Crippen MR) is 139 cm³/mol. The van der Waals surface area contributed by atoms with E-state index in [-0.39, 0.29) is 40.5 Å². The molecule has 0 aromatic heterocycles. The molecule has 3 aromatic carbocycles. The number of aliphatic imine (C=N–C) groups is 1. The summed E-state index contributed by atoms with van der Waals surface area (Å²) in [5.41, 5.74) is 7.01. The number of carbonyl (C=O) groups is 1. The second-order valence-electron chi connectivity index (χ2n) is 8.09. The number of hydrogen-bond donors (Lipinski definition) is 3. The Labute approximate surface area is 217 Å². The van der Waals surface area contributed by atoms with Crippen LogP contribution in [0.2, 0.25) is 5.02 Å². The van der Waals surface area contributed by atoms with Gasteiger partial charge in [-0.05, 0) is 48.4 Å². The number of rotatable bonds is 7. The van der Waals surface area contributed by atoms with E-state index >= 15 is 0 Å². The van der Waals surface area contributed by atoms with Gasteiger partial charge < -0.3 is 20.9 Å². The summed E-state index contributed by atoms with van der Waals surface area (Å²) in [4.78, 5) is 15.9. The van der Waals surface area contributed by atoms with Crippen LogP contribution < -0.4 is 15.8 Å². The van der Waals surface area contributed by atoms with Crippen molar-refractivity contribution in [3.05, 3.63) is 87.9 Å². The number of hydrogen-bond acceptors (Lipinski definition) is 5. The molecular formula is C27H25ClF3N3O3. The first-order valence-electron chi connectivity index (χ1n) is 11.0. The van der Waals surface area contributed by atoms with Gasteiger partial charge >= 0.3 is 6.18 Å². The van der Waals surface area contributed by atoms with E-state index in [0.29, 0.717) is 0 Å². The Bertz CT molecular complexity index is 1370. The molecule has 0 spiro atoms. The summed E-state index contributed by atoms with van der Waals surface area (Å²) in [7, 11) is 2.82. The van der Waals surface area contributed by atoms with Crippen LogP contribution in [0.4, 0.5) is 13.2 Å². The first-order valence-corrected chi connectivity index (χ1v) is 11.4. The fraction of sp³-hybridized carbons (Fsp3) is 0.185. The molecule has 0 heterocycles. The number of phenols is 1. The highest BCUT2D eigenvalue weighted by Crippen LogP contribution is 2.45. The first kappa shape index (κ1) is 27.6. The average molecular weight is 532 g/mol. The molecule has 1 amide bonds. The van der Waals surface area contributed by atoms with Crippen molar-refractivity contribution >= 4 is 28.9 Å². The summed E-state index contributed by atoms with van der Waals surface area (Å²) in [6, 6.07) is 13.7. The molecule has 0 bridgehead atoms. The fourth-order valence-corrected chi connectivity index (χ4v) is 3.76. The molecule has 0 atom stereocenters. The maximum Gasteiger partial charge on any atom is 0.417 e. The SMILES string of the molecule is CN=C(C=C(N)c1ccc(OCc2ccc(C)cc2)c(-c2ccc(Cl)c(C(F)(F)F)c2)c1O)C(=O)NC. The third kappa shape index (κ3) is 6.42. The lowest BCUT2D eigenvalue weighted by Gasteiger charge is -2.18. The van der Waals surface area contributed by atoms with Gasteiger partial charge in [0, 0.05) is 25.4 Å². The number of ether oxygens (including phenoxy) is 1. The number of aromatic hydroxyl groups is 1. The van der Waals surface area contributed by atoms with Crippen molar-refractivity contribution in [2.45, 2.75) is 19.7 Å². The Hall–Kier alpha value is -3.98. The highest BCUT2D eigenvalue weighted by molar-refractivity contribution is 6.44. The number of carbonyl (C=O) groups excluding carboxylic acids is 1. The van der Waals surface area contributed by atoms with Crippen molar-refractivity contribution in [2.75, 3.05) is 14.1 Å². The standard InChI is InChI=1S/C27H25ClF3N3O3/c1-15-4-6-16(7-5-15)14-37-23-11-9-18(21(32)13-22(33-2)26(36)34-3)25(35)24(23)17-8-10-20(28)19(12-17)27(29,30)31/h4-13,35H,14,32H2,1-3H3,(H,34,36). The molecule has 0 aliphatic carbocycles. The van der Waals surface area contributed by atoms with Crippen LogP contribution in [0, 0.1) is 6.92 Å². The van der Waals surface area contributed by atoms with E-state index in [0.717, 1.165) is 23.3 Å². The van der Waals surface area contributed by atoms with Crippen molar-refractivity contribution in [1.29, 1.82) is 0 Å². The number of phenolic OH excluding ortho intramolecular Hbond substituents is 1. The Kier molecular flexibility index (Phi) is 8.49. The average Bonchev–Trinajstić information content (AvgIpc) is 2.86. The van der Waals surface area contributed by atoms with Crippen molar-refractivity contribution in [2.24, 2.45) is 10.7 Å². The monoisotopic (exact) mass is 531 g/mol. The van der Waals surface area contributed by atoms with Crippen LogP contribution in [0.3, 0.4) is 0 Å². The smallest absolute Gasteiger partial charge is 0.417 e. The zero-order chi connectivity index (χ0) is 27.3. The number of benzene rings is 3. The third-order valence-electron chi connectivity index (χ3n) is 5.52. The summed E-state index contributed by atoms with van der Waals surface area (Å²) in [5, 5.41) is 13.2. The summed E-state index contributed by atoms with van der Waals surface area (Å²) in [6.07, 6.45) is -3.46. The molecule has 4 N–H and O–H groups in total. The Morgan fingerprint density at radius 2 is 1.84 bits per heavy atom. The maximum atomic E-state index is 13.6. The van der Waals surface area contributed by atoms with Crippen LogP contribution in [0.15, 0.2) is 65.7 Å². The summed E-state index contributed by atoms with van der Waals surface area (Å²) in [5.74, 6) is -0.811. The number of halogens is 4. The number of aryl methyl sites for hydroxylation is 1. The van der Waals surface area contributed by atoms with Gasteiger partial charge in [0.2, 0.25) is 0 Å². The van der Waals surface area contributed by atoms with Crippen molar-refractivity contribution in [3.8, 4) is 22.6 Å². The molecule has 0 aliphatic rings. The van der Waals surface area contributed by atoms with E-state index in [4.69, 9.17) is 22.1 Å². The second kappa shape index (κ2) is 11.4. The molecular weight excluding hydrogens is 507 g/mol.